The predicted octanol–water partition coefficient (Wildman–Crippen LogP) is 8.11. The molecule has 0 saturated carbocycles. The molecule has 2 aromatic carbocycles. The lowest BCUT2D eigenvalue weighted by Gasteiger charge is -2.38. The lowest BCUT2D eigenvalue weighted by molar-refractivity contribution is -0.137. The van der Waals surface area contributed by atoms with Gasteiger partial charge in [-0.2, -0.15) is 27.5 Å². The number of hydrogen-bond donors (Lipinski definition) is 2. The summed E-state index contributed by atoms with van der Waals surface area (Å²) in [7, 11) is 0. The quantitative estimate of drug-likeness (QED) is 0.126. The minimum Gasteiger partial charge on any atom is -0.444 e. The maximum absolute atomic E-state index is 16.4. The van der Waals surface area contributed by atoms with Crippen LogP contribution in [0.4, 0.5) is 37.6 Å². The molecule has 1 aliphatic rings. The van der Waals surface area contributed by atoms with E-state index in [9.17, 15) is 27.5 Å². The minimum atomic E-state index is -5.01. The number of carbonyl (C=O) groups is 1. The van der Waals surface area contributed by atoms with Crippen LogP contribution in [0.1, 0.15) is 46.1 Å². The average Bonchev–Trinajstić information content (AvgIpc) is 3.16. The third-order valence-electron chi connectivity index (χ3n) is 6.70. The molecule has 0 aliphatic carbocycles. The van der Waals surface area contributed by atoms with Crippen molar-refractivity contribution >= 4 is 71.8 Å². The Morgan fingerprint density at radius 3 is 2.57 bits per heavy atom. The van der Waals surface area contributed by atoms with E-state index < -0.39 is 52.0 Å². The van der Waals surface area contributed by atoms with Crippen molar-refractivity contribution in [1.29, 1.82) is 0 Å². The molecule has 7 nitrogen and oxygen atoms in total. The molecule has 1 saturated heterocycles. The first-order chi connectivity index (χ1) is 19.4. The van der Waals surface area contributed by atoms with Gasteiger partial charge in [-0.1, -0.05) is 12.1 Å². The number of carbonyl (C=O) groups excluding carboxylic acids is 1. The highest BCUT2D eigenvalue weighted by atomic mass is 127. The Kier molecular flexibility index (Phi) is 7.80. The van der Waals surface area contributed by atoms with Crippen molar-refractivity contribution in [1.82, 2.24) is 9.97 Å². The Morgan fingerprint density at radius 2 is 1.93 bits per heavy atom. The summed E-state index contributed by atoms with van der Waals surface area (Å²) in [4.78, 5) is 21.2. The number of amides is 1. The van der Waals surface area contributed by atoms with Gasteiger partial charge in [-0.3, -0.25) is 5.32 Å². The summed E-state index contributed by atoms with van der Waals surface area (Å²) < 4.78 is 81.2. The van der Waals surface area contributed by atoms with Crippen molar-refractivity contribution in [2.75, 3.05) is 23.3 Å². The van der Waals surface area contributed by atoms with Crippen LogP contribution in [0, 0.1) is 15.5 Å². The Balaban J connectivity index is 1.74. The van der Waals surface area contributed by atoms with Gasteiger partial charge in [0.2, 0.25) is 0 Å². The molecule has 5 rings (SSSR count). The van der Waals surface area contributed by atoms with E-state index in [1.165, 1.54) is 17.0 Å². The Hall–Kier alpha value is -2.85. The summed E-state index contributed by atoms with van der Waals surface area (Å²) in [5.41, 5.74) is -4.77. The Bertz CT molecular complexity index is 1720. The summed E-state index contributed by atoms with van der Waals surface area (Å²) >= 11 is 2.98. The molecule has 4 aromatic rings. The number of thiophene rings is 1. The number of rotatable bonds is 3. The van der Waals surface area contributed by atoms with Gasteiger partial charge < -0.3 is 14.7 Å². The van der Waals surface area contributed by atoms with Crippen molar-refractivity contribution in [3.8, 4) is 11.1 Å². The van der Waals surface area contributed by atoms with Crippen molar-refractivity contribution in [3.05, 3.63) is 45.3 Å². The van der Waals surface area contributed by atoms with Crippen molar-refractivity contribution < 1.29 is 36.6 Å². The normalized spacial score (nSPS) is 18.1. The number of aromatic nitrogens is 2. The van der Waals surface area contributed by atoms with Gasteiger partial charge in [0.25, 0.3) is 0 Å². The largest absolute Gasteiger partial charge is 0.444 e. The number of anilines is 2. The van der Waals surface area contributed by atoms with Crippen LogP contribution in [0.25, 0.3) is 32.1 Å². The minimum absolute atomic E-state index is 0.0247. The van der Waals surface area contributed by atoms with Gasteiger partial charge >= 0.3 is 18.3 Å². The van der Waals surface area contributed by atoms with Crippen LogP contribution in [-0.4, -0.2) is 45.5 Å². The second kappa shape index (κ2) is 10.7. The standard InChI is InChI=1S/C28H26F5IN4O3S/c1-26(2,3)41-25(39)37-23-20(34)18-13(7-5-8-16(18)42-23)17-15(28(31,32)33)11-14-21(19(17)29)35-24(30)36-22(14)38-10-6-9-27(4,40)12-38/h5,7-8,11,40H,6,9-10,12H2,1-4H3,(H,37,39)/t27-/m1/s1. The van der Waals surface area contributed by atoms with E-state index in [0.717, 1.165) is 17.4 Å². The third kappa shape index (κ3) is 5.97. The van der Waals surface area contributed by atoms with Gasteiger partial charge in [0.15, 0.2) is 5.82 Å². The van der Waals surface area contributed by atoms with Gasteiger partial charge in [0.05, 0.1) is 14.7 Å². The topological polar surface area (TPSA) is 87.6 Å². The number of halogens is 6. The van der Waals surface area contributed by atoms with Crippen LogP contribution in [0.15, 0.2) is 24.3 Å². The van der Waals surface area contributed by atoms with Gasteiger partial charge in [-0.15, -0.1) is 11.3 Å². The summed E-state index contributed by atoms with van der Waals surface area (Å²) in [6, 6.07) is 5.20. The first-order valence-corrected chi connectivity index (χ1v) is 14.8. The average molecular weight is 721 g/mol. The van der Waals surface area contributed by atoms with Crippen LogP contribution >= 0.6 is 33.9 Å². The third-order valence-corrected chi connectivity index (χ3v) is 9.22. The van der Waals surface area contributed by atoms with Crippen LogP contribution in [0.5, 0.6) is 0 Å². The maximum atomic E-state index is 16.4. The highest BCUT2D eigenvalue weighted by molar-refractivity contribution is 14.1. The van der Waals surface area contributed by atoms with Crippen molar-refractivity contribution in [2.45, 2.75) is 57.9 Å². The zero-order valence-electron chi connectivity index (χ0n) is 22.9. The number of nitrogens with one attached hydrogen (secondary N) is 1. The zero-order chi connectivity index (χ0) is 30.8. The number of β-amino-alcohol motifs (C(OH)–C–C–N with tert-alkyl or cyclic N) is 1. The van der Waals surface area contributed by atoms with Crippen LogP contribution < -0.4 is 10.2 Å². The molecule has 2 aromatic heterocycles. The Morgan fingerprint density at radius 1 is 1.21 bits per heavy atom. The summed E-state index contributed by atoms with van der Waals surface area (Å²) in [6.45, 7) is 6.89. The fraction of sp³-hybridized carbons (Fsp3) is 0.393. The molecular formula is C28H26F5IN4O3S. The van der Waals surface area contributed by atoms with E-state index in [0.29, 0.717) is 26.1 Å². The zero-order valence-corrected chi connectivity index (χ0v) is 25.9. The Labute approximate surface area is 255 Å². The second-order valence-electron chi connectivity index (χ2n) is 11.4. The monoisotopic (exact) mass is 720 g/mol. The lowest BCUT2D eigenvalue weighted by Crippen LogP contribution is -2.46. The van der Waals surface area contributed by atoms with Gasteiger partial charge in [0.1, 0.15) is 21.9 Å². The predicted molar refractivity (Wildman–Crippen MR) is 160 cm³/mol. The van der Waals surface area contributed by atoms with Crippen LogP contribution in [-0.2, 0) is 10.9 Å². The highest BCUT2D eigenvalue weighted by Crippen LogP contribution is 2.48. The van der Waals surface area contributed by atoms with E-state index in [1.54, 1.807) is 33.8 Å². The van der Waals surface area contributed by atoms with E-state index in [-0.39, 0.29) is 35.2 Å². The molecule has 1 aliphatic heterocycles. The number of benzene rings is 2. The maximum Gasteiger partial charge on any atom is 0.417 e. The van der Waals surface area contributed by atoms with Gasteiger partial charge in [-0.25, -0.2) is 9.18 Å². The molecule has 1 amide bonds. The number of hydrogen-bond acceptors (Lipinski definition) is 7. The first kappa shape index (κ1) is 30.6. The molecule has 0 spiro atoms. The molecule has 2 N–H and O–H groups in total. The number of fused-ring (bicyclic) bond motifs is 2. The smallest absolute Gasteiger partial charge is 0.417 e. The molecule has 14 heteroatoms. The van der Waals surface area contributed by atoms with Gasteiger partial charge in [-0.05, 0) is 80.8 Å². The second-order valence-corrected chi connectivity index (χ2v) is 13.5. The van der Waals surface area contributed by atoms with E-state index in [1.807, 2.05) is 22.6 Å². The lowest BCUT2D eigenvalue weighted by atomic mass is 9.93. The number of ether oxygens (including phenoxy) is 1. The number of aliphatic hydroxyl groups is 1. The van der Waals surface area contributed by atoms with Gasteiger partial charge in [0, 0.05) is 34.1 Å². The summed E-state index contributed by atoms with van der Waals surface area (Å²) in [6.07, 6.45) is -6.15. The number of alkyl halides is 3. The molecule has 1 atom stereocenters. The van der Waals surface area contributed by atoms with Crippen LogP contribution in [0.3, 0.4) is 0 Å². The van der Waals surface area contributed by atoms with E-state index in [2.05, 4.69) is 15.3 Å². The number of piperidine rings is 1. The molecule has 0 radical (unpaired) electrons. The van der Waals surface area contributed by atoms with Crippen molar-refractivity contribution in [2.24, 2.45) is 0 Å². The SMILES string of the molecule is CC(C)(C)OC(=O)Nc1sc2cccc(-c3c(C(F)(F)F)cc4c(N5CCC[C@@](C)(O)C5)nc(F)nc4c3F)c2c1I. The van der Waals surface area contributed by atoms with E-state index in [4.69, 9.17) is 4.74 Å². The molecule has 1 fully saturated rings. The fourth-order valence-electron chi connectivity index (χ4n) is 5.11. The fourth-order valence-corrected chi connectivity index (χ4v) is 7.34. The molecule has 42 heavy (non-hydrogen) atoms. The summed E-state index contributed by atoms with van der Waals surface area (Å²) in [5, 5.41) is 13.4. The van der Waals surface area contributed by atoms with Crippen molar-refractivity contribution in [3.63, 3.8) is 0 Å². The summed E-state index contributed by atoms with van der Waals surface area (Å²) in [5.74, 6) is -1.58. The highest BCUT2D eigenvalue weighted by Gasteiger charge is 2.39. The number of nitrogens with zero attached hydrogens (tertiary/aromatic N) is 3. The van der Waals surface area contributed by atoms with E-state index >= 15 is 4.39 Å². The molecular weight excluding hydrogens is 694 g/mol. The molecule has 0 bridgehead atoms. The molecule has 0 unspecified atom stereocenters. The van der Waals surface area contributed by atoms with Crippen LogP contribution in [0.2, 0.25) is 0 Å². The molecule has 3 heterocycles. The molecule has 224 valence electrons. The first-order valence-electron chi connectivity index (χ1n) is 12.9.